The fourth-order valence-corrected chi connectivity index (χ4v) is 16.1. The van der Waals surface area contributed by atoms with Gasteiger partial charge in [0.05, 0.1) is 25.9 Å². The van der Waals surface area contributed by atoms with Crippen molar-refractivity contribution in [2.24, 2.45) is 50.2 Å². The summed E-state index contributed by atoms with van der Waals surface area (Å²) in [5, 5.41) is 119. The minimum absolute atomic E-state index is 0.0133. The van der Waals surface area contributed by atoms with Crippen molar-refractivity contribution in [3.8, 4) is 0 Å². The van der Waals surface area contributed by atoms with Crippen molar-refractivity contribution in [3.05, 3.63) is 23.3 Å². The molecule has 0 aromatic heterocycles. The van der Waals surface area contributed by atoms with E-state index in [2.05, 4.69) is 40.7 Å². The zero-order valence-corrected chi connectivity index (χ0v) is 46.0. The third-order valence-corrected chi connectivity index (χ3v) is 20.8. The van der Waals surface area contributed by atoms with Crippen LogP contribution in [0.1, 0.15) is 121 Å². The summed E-state index contributed by atoms with van der Waals surface area (Å²) in [4.78, 5) is 40.4. The van der Waals surface area contributed by atoms with E-state index in [9.17, 15) is 70.6 Å². The Bertz CT molecular complexity index is 2230. The lowest BCUT2D eigenvalue weighted by molar-refractivity contribution is -0.395. The third kappa shape index (κ3) is 9.75. The Morgan fingerprint density at radius 2 is 1.19 bits per heavy atom. The molecule has 3 aliphatic heterocycles. The molecular weight excluding hydrogens is 1010 g/mol. The summed E-state index contributed by atoms with van der Waals surface area (Å²) >= 11 is 0. The van der Waals surface area contributed by atoms with Gasteiger partial charge < -0.3 is 94.1 Å². The fourth-order valence-electron chi connectivity index (χ4n) is 16.1. The van der Waals surface area contributed by atoms with Gasteiger partial charge in [-0.05, 0) is 98.7 Å². The lowest BCUT2D eigenvalue weighted by Crippen LogP contribution is -2.70. The molecule has 8 rings (SSSR count). The molecule has 3 heterocycles. The Hall–Kier alpha value is -2.75. The molecule has 438 valence electrons. The molecule has 0 spiro atoms. The molecule has 0 aromatic rings. The molecular formula is C55H86O22. The van der Waals surface area contributed by atoms with Crippen molar-refractivity contribution in [2.75, 3.05) is 19.8 Å². The smallest absolute Gasteiger partial charge is 0.333 e. The van der Waals surface area contributed by atoms with Gasteiger partial charge in [0, 0.05) is 23.8 Å². The summed E-state index contributed by atoms with van der Waals surface area (Å²) in [6.45, 7) is 17.2. The van der Waals surface area contributed by atoms with Gasteiger partial charge in [-0.3, -0.25) is 9.59 Å². The van der Waals surface area contributed by atoms with Crippen molar-refractivity contribution in [3.63, 3.8) is 0 Å². The number of esters is 2. The van der Waals surface area contributed by atoms with Crippen molar-refractivity contribution in [1.82, 2.24) is 0 Å². The van der Waals surface area contributed by atoms with Crippen LogP contribution in [0, 0.1) is 50.2 Å². The quantitative estimate of drug-likeness (QED) is 0.0524. The van der Waals surface area contributed by atoms with Crippen LogP contribution < -0.4 is 0 Å². The number of fused-ring (bicyclic) bond motifs is 7. The number of aliphatic hydroxyl groups excluding tert-OH is 10. The van der Waals surface area contributed by atoms with E-state index < -0.39 is 176 Å². The summed E-state index contributed by atoms with van der Waals surface area (Å²) in [5.41, 5.74) is -2.76. The molecule has 0 radical (unpaired) electrons. The van der Waals surface area contributed by atoms with Crippen molar-refractivity contribution < 1.29 is 108 Å². The number of hydrogen-bond acceptors (Lipinski definition) is 21. The molecule has 25 atom stereocenters. The van der Waals surface area contributed by atoms with Crippen molar-refractivity contribution in [2.45, 2.75) is 231 Å². The second-order valence-electron chi connectivity index (χ2n) is 25.5. The first-order valence-electron chi connectivity index (χ1n) is 27.4. The number of carboxylic acids is 1. The standard InChI is InChI=1S/C55H86O22/c1-11-24(2)45(67)77-43-44(70-25(3)59)55(49(68)69)19-18-53(9)26(27(55)20-50(43,4)5)12-13-32-52(8)16-15-33(51(6,7)31(52)14-17-54(32,53)10)74-48-42(76-47-39(65)37(63)35(61)29(22-57)72-47)40(66)41(30(23-58)73-48)75-46-38(64)36(62)34(60)28(21-56)71-46/h11-12,27-44,46-48,56-58,60-66H,13-23H2,1-10H3,(H,68,69). The molecule has 5 aliphatic carbocycles. The van der Waals surface area contributed by atoms with Gasteiger partial charge in [0.25, 0.3) is 0 Å². The number of carbonyl (C=O) groups excluding carboxylic acids is 2. The van der Waals surface area contributed by atoms with Gasteiger partial charge in [-0.1, -0.05) is 66.2 Å². The summed E-state index contributed by atoms with van der Waals surface area (Å²) in [5.74, 6) is -2.80. The number of allylic oxidation sites excluding steroid dienone is 3. The molecule has 0 aromatic carbocycles. The molecule has 77 heavy (non-hydrogen) atoms. The van der Waals surface area contributed by atoms with E-state index >= 15 is 0 Å². The monoisotopic (exact) mass is 1100 g/mol. The van der Waals surface area contributed by atoms with Crippen LogP contribution in [0.3, 0.4) is 0 Å². The molecule has 0 bridgehead atoms. The maximum Gasteiger partial charge on any atom is 0.333 e. The predicted octanol–water partition coefficient (Wildman–Crippen LogP) is 0.736. The highest BCUT2D eigenvalue weighted by molar-refractivity contribution is 5.88. The number of ether oxygens (including phenoxy) is 8. The van der Waals surface area contributed by atoms with Crippen LogP contribution in [-0.2, 0) is 52.3 Å². The Morgan fingerprint density at radius 1 is 0.636 bits per heavy atom. The van der Waals surface area contributed by atoms with Gasteiger partial charge >= 0.3 is 17.9 Å². The van der Waals surface area contributed by atoms with Crippen molar-refractivity contribution in [1.29, 1.82) is 0 Å². The largest absolute Gasteiger partial charge is 0.481 e. The highest BCUT2D eigenvalue weighted by atomic mass is 16.8. The van der Waals surface area contributed by atoms with Crippen LogP contribution in [0.4, 0.5) is 0 Å². The maximum absolute atomic E-state index is 14.0. The SMILES string of the molecule is CC=C(C)C(=O)OC1C(OC(C)=O)C2(C(=O)O)CCC3(C)C(=CCC4C5(C)CCC(OC6OC(CO)C(OC7OC(CO)C(O)C(O)C7O)C(O)C6OC6OC(CO)C(O)C(O)C6O)C(C)(C)C5CCC43C)C2CC1(C)C. The van der Waals surface area contributed by atoms with Crippen molar-refractivity contribution >= 4 is 17.9 Å². The minimum atomic E-state index is -1.92. The first kappa shape index (κ1) is 60.3. The molecule has 4 saturated carbocycles. The Morgan fingerprint density at radius 3 is 1.73 bits per heavy atom. The number of rotatable bonds is 13. The van der Waals surface area contributed by atoms with Gasteiger partial charge in [0.15, 0.2) is 25.0 Å². The van der Waals surface area contributed by atoms with E-state index in [1.807, 2.05) is 13.8 Å². The van der Waals surface area contributed by atoms with E-state index in [4.69, 9.17) is 37.9 Å². The van der Waals surface area contributed by atoms with Crippen LogP contribution in [-0.4, -0.2) is 204 Å². The third-order valence-electron chi connectivity index (χ3n) is 20.8. The highest BCUT2D eigenvalue weighted by Crippen LogP contribution is 2.76. The maximum atomic E-state index is 14.0. The summed E-state index contributed by atoms with van der Waals surface area (Å²) < 4.78 is 49.0. The van der Waals surface area contributed by atoms with E-state index in [0.717, 1.165) is 18.4 Å². The zero-order chi connectivity index (χ0) is 56.9. The van der Waals surface area contributed by atoms with E-state index in [-0.39, 0.29) is 29.1 Å². The molecule has 8 aliphatic rings. The topological polar surface area (TPSA) is 348 Å². The summed E-state index contributed by atoms with van der Waals surface area (Å²) in [6.07, 6.45) is -20.3. The van der Waals surface area contributed by atoms with Gasteiger partial charge in [-0.15, -0.1) is 0 Å². The average Bonchev–Trinajstić information content (AvgIpc) is 3.57. The average molecular weight is 1100 g/mol. The molecule has 3 saturated heterocycles. The Balaban J connectivity index is 1.09. The van der Waals surface area contributed by atoms with E-state index in [0.29, 0.717) is 37.7 Å². The Labute approximate surface area is 449 Å². The lowest BCUT2D eigenvalue weighted by Gasteiger charge is -2.71. The number of aliphatic hydroxyl groups is 10. The van der Waals surface area contributed by atoms with Crippen LogP contribution in [0.25, 0.3) is 0 Å². The first-order valence-corrected chi connectivity index (χ1v) is 27.4. The van der Waals surface area contributed by atoms with E-state index in [1.165, 1.54) is 6.92 Å². The normalized spacial score (nSPS) is 49.4. The second kappa shape index (κ2) is 21.9. The zero-order valence-electron chi connectivity index (χ0n) is 46.0. The van der Waals surface area contributed by atoms with Gasteiger partial charge in [-0.25, -0.2) is 4.79 Å². The molecule has 7 fully saturated rings. The number of aliphatic carboxylic acids is 1. The van der Waals surface area contributed by atoms with Gasteiger partial charge in [0.1, 0.15) is 84.8 Å². The van der Waals surface area contributed by atoms with Crippen LogP contribution in [0.15, 0.2) is 23.3 Å². The van der Waals surface area contributed by atoms with Crippen LogP contribution in [0.2, 0.25) is 0 Å². The molecule has 11 N–H and O–H groups in total. The predicted molar refractivity (Wildman–Crippen MR) is 266 cm³/mol. The molecule has 22 heteroatoms. The molecule has 0 amide bonds. The lowest BCUT2D eigenvalue weighted by atomic mass is 9.33. The molecule has 25 unspecified atom stereocenters. The Kier molecular flexibility index (Phi) is 17.1. The van der Waals surface area contributed by atoms with Gasteiger partial charge in [-0.2, -0.15) is 0 Å². The second-order valence-corrected chi connectivity index (χ2v) is 25.5. The fraction of sp³-hybridized carbons (Fsp3) is 0.873. The molecule has 22 nitrogen and oxygen atoms in total. The summed E-state index contributed by atoms with van der Waals surface area (Å²) in [6, 6.07) is 0. The summed E-state index contributed by atoms with van der Waals surface area (Å²) in [7, 11) is 0. The first-order chi connectivity index (χ1) is 35.9. The number of carboxylic acid groups (broad SMARTS) is 1. The highest BCUT2D eigenvalue weighted by Gasteiger charge is 2.74. The van der Waals surface area contributed by atoms with Gasteiger partial charge in [0.2, 0.25) is 0 Å². The van der Waals surface area contributed by atoms with E-state index in [1.54, 1.807) is 19.9 Å². The van der Waals surface area contributed by atoms with Crippen LogP contribution >= 0.6 is 0 Å². The van der Waals surface area contributed by atoms with Crippen LogP contribution in [0.5, 0.6) is 0 Å². The number of carbonyl (C=O) groups is 3. The number of hydrogen-bond donors (Lipinski definition) is 11. The minimum Gasteiger partial charge on any atom is -0.481 e.